The second-order valence-electron chi connectivity index (χ2n) is 4.50. The van der Waals surface area contributed by atoms with Crippen LogP contribution in [0.5, 0.6) is 0 Å². The molecule has 0 aliphatic rings. The van der Waals surface area contributed by atoms with Crippen molar-refractivity contribution in [1.82, 2.24) is 0 Å². The van der Waals surface area contributed by atoms with Crippen molar-refractivity contribution in [2.75, 3.05) is 11.9 Å². The number of hydrogen-bond acceptors (Lipinski definition) is 5. The van der Waals surface area contributed by atoms with E-state index < -0.39 is 4.92 Å². The zero-order valence-corrected chi connectivity index (χ0v) is 12.0. The molecule has 0 aliphatic carbocycles. The van der Waals surface area contributed by atoms with Gasteiger partial charge in [0.05, 0.1) is 10.5 Å². The van der Waals surface area contributed by atoms with Crippen LogP contribution >= 0.6 is 11.3 Å². The average molecular weight is 290 g/mol. The van der Waals surface area contributed by atoms with Crippen LogP contribution in [0.25, 0.3) is 0 Å². The second-order valence-corrected chi connectivity index (χ2v) is 5.28. The smallest absolute Gasteiger partial charge is 0.282 e. The molecular formula is C14H14N2O3S. The Balaban J connectivity index is 2.31. The SMILES string of the molecule is CC(=O)c1ccc(N(C)Cc2ccsc2)cc1[N+](=O)[O-]. The fourth-order valence-electron chi connectivity index (χ4n) is 1.95. The van der Waals surface area contributed by atoms with E-state index in [1.54, 1.807) is 17.4 Å². The van der Waals surface area contributed by atoms with Crippen molar-refractivity contribution in [2.45, 2.75) is 13.5 Å². The highest BCUT2D eigenvalue weighted by Crippen LogP contribution is 2.26. The van der Waals surface area contributed by atoms with Crippen molar-refractivity contribution in [3.63, 3.8) is 0 Å². The number of nitro groups is 1. The number of rotatable bonds is 5. The number of anilines is 1. The molecule has 0 N–H and O–H groups in total. The maximum atomic E-state index is 11.4. The van der Waals surface area contributed by atoms with E-state index in [4.69, 9.17) is 0 Å². The maximum absolute atomic E-state index is 11.4. The lowest BCUT2D eigenvalue weighted by Gasteiger charge is -2.18. The number of thiophene rings is 1. The summed E-state index contributed by atoms with van der Waals surface area (Å²) in [6.45, 7) is 2.00. The third-order valence-electron chi connectivity index (χ3n) is 3.00. The van der Waals surface area contributed by atoms with Crippen LogP contribution in [0.3, 0.4) is 0 Å². The summed E-state index contributed by atoms with van der Waals surface area (Å²) in [6, 6.07) is 6.71. The molecule has 0 unspecified atom stereocenters. The first-order chi connectivity index (χ1) is 9.49. The summed E-state index contributed by atoms with van der Waals surface area (Å²) in [5, 5.41) is 15.1. The molecular weight excluding hydrogens is 276 g/mol. The molecule has 2 aromatic rings. The molecule has 0 amide bonds. The lowest BCUT2D eigenvalue weighted by atomic mass is 10.1. The Hall–Kier alpha value is -2.21. The Labute approximate surface area is 120 Å². The van der Waals surface area contributed by atoms with Crippen molar-refractivity contribution in [3.8, 4) is 0 Å². The van der Waals surface area contributed by atoms with Crippen molar-refractivity contribution in [3.05, 3.63) is 56.3 Å². The van der Waals surface area contributed by atoms with E-state index in [0.29, 0.717) is 12.2 Å². The topological polar surface area (TPSA) is 63.5 Å². The van der Waals surface area contributed by atoms with Crippen molar-refractivity contribution in [1.29, 1.82) is 0 Å². The van der Waals surface area contributed by atoms with E-state index in [-0.39, 0.29) is 17.0 Å². The highest BCUT2D eigenvalue weighted by atomic mass is 32.1. The van der Waals surface area contributed by atoms with Gasteiger partial charge in [-0.2, -0.15) is 11.3 Å². The van der Waals surface area contributed by atoms with Crippen LogP contribution in [0.2, 0.25) is 0 Å². The van der Waals surface area contributed by atoms with Gasteiger partial charge in [0, 0.05) is 25.3 Å². The highest BCUT2D eigenvalue weighted by Gasteiger charge is 2.19. The number of nitro benzene ring substituents is 1. The lowest BCUT2D eigenvalue weighted by Crippen LogP contribution is -2.16. The molecule has 1 aromatic carbocycles. The summed E-state index contributed by atoms with van der Waals surface area (Å²) in [7, 11) is 1.87. The Bertz CT molecular complexity index is 638. The minimum Gasteiger partial charge on any atom is -0.370 e. The molecule has 0 saturated carbocycles. The molecule has 2 rings (SSSR count). The Morgan fingerprint density at radius 1 is 1.40 bits per heavy atom. The first kappa shape index (κ1) is 14.2. The molecule has 1 aromatic heterocycles. The number of nitrogens with zero attached hydrogens (tertiary/aromatic N) is 2. The Morgan fingerprint density at radius 2 is 2.15 bits per heavy atom. The van der Waals surface area contributed by atoms with Crippen molar-refractivity contribution < 1.29 is 9.72 Å². The molecule has 0 spiro atoms. The van der Waals surface area contributed by atoms with Gasteiger partial charge in [0.2, 0.25) is 0 Å². The predicted molar refractivity (Wildman–Crippen MR) is 79.5 cm³/mol. The summed E-state index contributed by atoms with van der Waals surface area (Å²) in [5.74, 6) is -0.302. The molecule has 5 nitrogen and oxygen atoms in total. The first-order valence-corrected chi connectivity index (χ1v) is 6.95. The normalized spacial score (nSPS) is 10.3. The molecule has 1 heterocycles. The number of carbonyl (C=O) groups is 1. The van der Waals surface area contributed by atoms with Crippen LogP contribution < -0.4 is 4.90 Å². The summed E-state index contributed by atoms with van der Waals surface area (Å²) in [5.41, 5.74) is 1.86. The monoisotopic (exact) mass is 290 g/mol. The summed E-state index contributed by atoms with van der Waals surface area (Å²) < 4.78 is 0. The predicted octanol–water partition coefficient (Wildman–Crippen LogP) is 3.50. The molecule has 104 valence electrons. The number of ketones is 1. The zero-order valence-electron chi connectivity index (χ0n) is 11.2. The summed E-state index contributed by atoms with van der Waals surface area (Å²) in [6.07, 6.45) is 0. The van der Waals surface area contributed by atoms with Gasteiger partial charge in [-0.25, -0.2) is 0 Å². The van der Waals surface area contributed by atoms with Crippen molar-refractivity contribution in [2.24, 2.45) is 0 Å². The van der Waals surface area contributed by atoms with Crippen LogP contribution in [-0.4, -0.2) is 17.8 Å². The van der Waals surface area contributed by atoms with Crippen LogP contribution in [0.15, 0.2) is 35.0 Å². The quantitative estimate of drug-likeness (QED) is 0.480. The van der Waals surface area contributed by atoms with Crippen LogP contribution in [0.1, 0.15) is 22.8 Å². The minimum atomic E-state index is -0.515. The van der Waals surface area contributed by atoms with Gasteiger partial charge in [0.25, 0.3) is 5.69 Å². The van der Waals surface area contributed by atoms with Gasteiger partial charge >= 0.3 is 0 Å². The maximum Gasteiger partial charge on any atom is 0.282 e. The van der Waals surface area contributed by atoms with Gasteiger partial charge < -0.3 is 4.90 Å². The number of Topliss-reactive ketones (excluding diaryl/α,β-unsaturated/α-hetero) is 1. The van der Waals surface area contributed by atoms with E-state index in [1.165, 1.54) is 19.1 Å². The van der Waals surface area contributed by atoms with E-state index >= 15 is 0 Å². The van der Waals surface area contributed by atoms with E-state index in [0.717, 1.165) is 5.56 Å². The molecule has 20 heavy (non-hydrogen) atoms. The van der Waals surface area contributed by atoms with Crippen LogP contribution in [-0.2, 0) is 6.54 Å². The van der Waals surface area contributed by atoms with Gasteiger partial charge in [-0.05, 0) is 41.4 Å². The van der Waals surface area contributed by atoms with Gasteiger partial charge in [0.15, 0.2) is 5.78 Å². The van der Waals surface area contributed by atoms with Gasteiger partial charge in [0.1, 0.15) is 0 Å². The molecule has 0 saturated heterocycles. The molecule has 0 aliphatic heterocycles. The van der Waals surface area contributed by atoms with E-state index in [9.17, 15) is 14.9 Å². The highest BCUT2D eigenvalue weighted by molar-refractivity contribution is 7.07. The molecule has 6 heteroatoms. The standard InChI is InChI=1S/C14H14N2O3S/c1-10(17)13-4-3-12(7-14(13)16(18)19)15(2)8-11-5-6-20-9-11/h3-7,9H,8H2,1-2H3. The summed E-state index contributed by atoms with van der Waals surface area (Å²) in [4.78, 5) is 23.8. The van der Waals surface area contributed by atoms with Gasteiger partial charge in [-0.3, -0.25) is 14.9 Å². The van der Waals surface area contributed by atoms with E-state index in [2.05, 4.69) is 0 Å². The molecule has 0 atom stereocenters. The number of benzene rings is 1. The zero-order chi connectivity index (χ0) is 14.7. The fourth-order valence-corrected chi connectivity index (χ4v) is 2.61. The Kier molecular flexibility index (Phi) is 4.14. The average Bonchev–Trinajstić information content (AvgIpc) is 2.90. The number of carbonyl (C=O) groups excluding carboxylic acids is 1. The van der Waals surface area contributed by atoms with Crippen molar-refractivity contribution >= 4 is 28.5 Å². The molecule has 0 bridgehead atoms. The number of hydrogen-bond donors (Lipinski definition) is 0. The van der Waals surface area contributed by atoms with Crippen LogP contribution in [0, 0.1) is 10.1 Å². The minimum absolute atomic E-state index is 0.141. The van der Waals surface area contributed by atoms with E-state index in [1.807, 2.05) is 28.8 Å². The largest absolute Gasteiger partial charge is 0.370 e. The third-order valence-corrected chi connectivity index (χ3v) is 3.73. The second kappa shape index (κ2) is 5.83. The van der Waals surface area contributed by atoms with Gasteiger partial charge in [-0.1, -0.05) is 0 Å². The van der Waals surface area contributed by atoms with Gasteiger partial charge in [-0.15, -0.1) is 0 Å². The lowest BCUT2D eigenvalue weighted by molar-refractivity contribution is -0.385. The third kappa shape index (κ3) is 3.03. The Morgan fingerprint density at radius 3 is 2.70 bits per heavy atom. The molecule has 0 radical (unpaired) electrons. The fraction of sp³-hybridized carbons (Fsp3) is 0.214. The molecule has 0 fully saturated rings. The van der Waals surface area contributed by atoms with Crippen LogP contribution in [0.4, 0.5) is 11.4 Å². The first-order valence-electron chi connectivity index (χ1n) is 6.00. The summed E-state index contributed by atoms with van der Waals surface area (Å²) >= 11 is 1.61.